The number of amides is 1. The fourth-order valence-corrected chi connectivity index (χ4v) is 4.43. The molecule has 0 saturated carbocycles. The van der Waals surface area contributed by atoms with Crippen LogP contribution < -0.4 is 14.8 Å². The summed E-state index contributed by atoms with van der Waals surface area (Å²) in [7, 11) is -4.27. The third-order valence-corrected chi connectivity index (χ3v) is 6.26. The Balaban J connectivity index is 1.83. The number of hydrogen-bond donors (Lipinski definition) is 2. The molecular weight excluding hydrogens is 471 g/mol. The van der Waals surface area contributed by atoms with Crippen LogP contribution >= 0.6 is 0 Å². The van der Waals surface area contributed by atoms with E-state index in [2.05, 4.69) is 14.8 Å². The van der Waals surface area contributed by atoms with Gasteiger partial charge >= 0.3 is 6.36 Å². The Kier molecular flexibility index (Phi) is 7.75. The highest BCUT2D eigenvalue weighted by atomic mass is 32.2. The van der Waals surface area contributed by atoms with E-state index in [-0.39, 0.29) is 24.3 Å². The largest absolute Gasteiger partial charge is 0.573 e. The van der Waals surface area contributed by atoms with Gasteiger partial charge in [0.2, 0.25) is 15.9 Å². The molecule has 11 heteroatoms. The minimum Gasteiger partial charge on any atom is -0.406 e. The lowest BCUT2D eigenvalue weighted by atomic mass is 10.0. The Hall–Kier alpha value is -3.62. The average Bonchev–Trinajstić information content (AvgIpc) is 2.78. The van der Waals surface area contributed by atoms with Gasteiger partial charge in [-0.3, -0.25) is 4.79 Å². The van der Waals surface area contributed by atoms with Crippen LogP contribution in [0.1, 0.15) is 12.0 Å². The zero-order chi connectivity index (χ0) is 24.8. The van der Waals surface area contributed by atoms with Crippen LogP contribution in [0.5, 0.6) is 5.75 Å². The van der Waals surface area contributed by atoms with Crippen LogP contribution in [0.15, 0.2) is 71.6 Å². The first-order valence-corrected chi connectivity index (χ1v) is 11.6. The number of alkyl halides is 3. The van der Waals surface area contributed by atoms with Gasteiger partial charge in [-0.25, -0.2) is 8.42 Å². The Morgan fingerprint density at radius 3 is 2.35 bits per heavy atom. The summed E-state index contributed by atoms with van der Waals surface area (Å²) >= 11 is 0. The first-order valence-electron chi connectivity index (χ1n) is 10.1. The van der Waals surface area contributed by atoms with Gasteiger partial charge in [0.05, 0.1) is 17.4 Å². The molecule has 0 radical (unpaired) electrons. The summed E-state index contributed by atoms with van der Waals surface area (Å²) in [4.78, 5) is 12.4. The van der Waals surface area contributed by atoms with Gasteiger partial charge in [-0.15, -0.1) is 13.2 Å². The number of nitrogens with zero attached hydrogens (tertiary/aromatic N) is 1. The van der Waals surface area contributed by atoms with E-state index < -0.39 is 34.1 Å². The fourth-order valence-electron chi connectivity index (χ4n) is 3.23. The number of carbonyl (C=O) groups excluding carboxylic acids is 1. The first kappa shape index (κ1) is 25.0. The van der Waals surface area contributed by atoms with Crippen LogP contribution in [0.4, 0.5) is 13.2 Å². The van der Waals surface area contributed by atoms with Crippen molar-refractivity contribution in [1.29, 1.82) is 5.26 Å². The number of halogens is 3. The Bertz CT molecular complexity index is 1300. The summed E-state index contributed by atoms with van der Waals surface area (Å²) in [6, 6.07) is 17.3. The van der Waals surface area contributed by atoms with Crippen LogP contribution in [0, 0.1) is 11.3 Å². The van der Waals surface area contributed by atoms with Gasteiger partial charge in [-0.2, -0.15) is 9.98 Å². The number of fused-ring (bicyclic) bond motifs is 1. The molecule has 3 aromatic carbocycles. The predicted molar refractivity (Wildman–Crippen MR) is 118 cm³/mol. The lowest BCUT2D eigenvalue weighted by Crippen LogP contribution is -2.48. The van der Waals surface area contributed by atoms with Gasteiger partial charge in [-0.05, 0) is 47.0 Å². The zero-order valence-corrected chi connectivity index (χ0v) is 18.5. The molecule has 3 aromatic rings. The number of hydrogen-bond acceptors (Lipinski definition) is 5. The summed E-state index contributed by atoms with van der Waals surface area (Å²) in [6.45, 7) is 0.0365. The molecule has 1 unspecified atom stereocenters. The van der Waals surface area contributed by atoms with E-state index in [1.54, 1.807) is 6.07 Å². The zero-order valence-electron chi connectivity index (χ0n) is 17.7. The second-order valence-electron chi connectivity index (χ2n) is 7.28. The second kappa shape index (κ2) is 10.5. The summed E-state index contributed by atoms with van der Waals surface area (Å²) < 4.78 is 68.9. The molecule has 0 aliphatic carbocycles. The molecule has 7 nitrogen and oxygen atoms in total. The molecule has 0 aliphatic heterocycles. The van der Waals surface area contributed by atoms with E-state index in [1.165, 1.54) is 0 Å². The van der Waals surface area contributed by atoms with E-state index in [0.29, 0.717) is 5.56 Å². The molecular formula is C23H20F3N3O4S. The monoisotopic (exact) mass is 491 g/mol. The van der Waals surface area contributed by atoms with Crippen molar-refractivity contribution in [2.75, 3.05) is 6.54 Å². The van der Waals surface area contributed by atoms with Gasteiger partial charge in [-0.1, -0.05) is 42.5 Å². The van der Waals surface area contributed by atoms with Crippen molar-refractivity contribution >= 4 is 26.7 Å². The van der Waals surface area contributed by atoms with Crippen LogP contribution in [0.2, 0.25) is 0 Å². The quantitative estimate of drug-likeness (QED) is 0.444. The second-order valence-corrected chi connectivity index (χ2v) is 8.99. The lowest BCUT2D eigenvalue weighted by Gasteiger charge is -2.19. The van der Waals surface area contributed by atoms with Crippen LogP contribution in [0.25, 0.3) is 10.8 Å². The third-order valence-electron chi connectivity index (χ3n) is 4.77. The molecule has 0 aromatic heterocycles. The number of rotatable bonds is 9. The molecule has 0 spiro atoms. The van der Waals surface area contributed by atoms with E-state index in [0.717, 1.165) is 35.0 Å². The Morgan fingerprint density at radius 2 is 1.71 bits per heavy atom. The molecule has 1 atom stereocenters. The molecule has 0 fully saturated rings. The molecule has 0 saturated heterocycles. The predicted octanol–water partition coefficient (Wildman–Crippen LogP) is 3.66. The van der Waals surface area contributed by atoms with Crippen molar-refractivity contribution in [1.82, 2.24) is 10.0 Å². The molecule has 34 heavy (non-hydrogen) atoms. The van der Waals surface area contributed by atoms with E-state index in [1.807, 2.05) is 42.5 Å². The number of sulfonamides is 1. The summed E-state index contributed by atoms with van der Waals surface area (Å²) in [5.41, 5.74) is 0.691. The van der Waals surface area contributed by atoms with Crippen molar-refractivity contribution in [3.8, 4) is 11.8 Å². The highest BCUT2D eigenvalue weighted by molar-refractivity contribution is 7.89. The van der Waals surface area contributed by atoms with Crippen LogP contribution in [0.3, 0.4) is 0 Å². The number of ether oxygens (including phenoxy) is 1. The van der Waals surface area contributed by atoms with Crippen molar-refractivity contribution in [3.63, 3.8) is 0 Å². The van der Waals surface area contributed by atoms with Gasteiger partial charge in [0.25, 0.3) is 0 Å². The number of benzene rings is 3. The van der Waals surface area contributed by atoms with Crippen molar-refractivity contribution in [2.45, 2.75) is 30.1 Å². The minimum absolute atomic E-state index is 0.0116. The molecule has 178 valence electrons. The lowest BCUT2D eigenvalue weighted by molar-refractivity contribution is -0.274. The molecule has 0 aliphatic rings. The van der Waals surface area contributed by atoms with Crippen LogP contribution in [-0.4, -0.2) is 33.3 Å². The fraction of sp³-hybridized carbons (Fsp3) is 0.217. The van der Waals surface area contributed by atoms with Gasteiger partial charge in [0.15, 0.2) is 0 Å². The molecule has 0 heterocycles. The van der Waals surface area contributed by atoms with E-state index >= 15 is 0 Å². The van der Waals surface area contributed by atoms with Gasteiger partial charge in [0, 0.05) is 6.54 Å². The maximum atomic E-state index is 12.9. The normalized spacial score (nSPS) is 12.6. The van der Waals surface area contributed by atoms with Crippen molar-refractivity contribution in [3.05, 3.63) is 72.3 Å². The highest BCUT2D eigenvalue weighted by Gasteiger charge is 2.31. The number of nitriles is 1. The molecule has 1 amide bonds. The van der Waals surface area contributed by atoms with Crippen LogP contribution in [-0.2, 0) is 21.2 Å². The molecule has 3 rings (SSSR count). The summed E-state index contributed by atoms with van der Waals surface area (Å²) in [5.74, 6) is -1.21. The SMILES string of the molecule is N#CCCNC(=O)C(Cc1ccc2ccccc2c1)NS(=O)(=O)c1ccc(OC(F)(F)F)cc1. The molecule has 0 bridgehead atoms. The van der Waals surface area contributed by atoms with Crippen molar-refractivity contribution < 1.29 is 31.1 Å². The average molecular weight is 491 g/mol. The van der Waals surface area contributed by atoms with E-state index in [4.69, 9.17) is 5.26 Å². The van der Waals surface area contributed by atoms with Gasteiger partial charge < -0.3 is 10.1 Å². The highest BCUT2D eigenvalue weighted by Crippen LogP contribution is 2.24. The van der Waals surface area contributed by atoms with E-state index in [9.17, 15) is 26.4 Å². The summed E-state index contributed by atoms with van der Waals surface area (Å²) in [6.07, 6.45) is -4.86. The van der Waals surface area contributed by atoms with Crippen molar-refractivity contribution in [2.24, 2.45) is 0 Å². The van der Waals surface area contributed by atoms with Gasteiger partial charge in [0.1, 0.15) is 11.8 Å². The molecule has 2 N–H and O–H groups in total. The number of carbonyl (C=O) groups is 1. The Morgan fingerprint density at radius 1 is 1.03 bits per heavy atom. The third kappa shape index (κ3) is 6.94. The topological polar surface area (TPSA) is 108 Å². The first-order chi connectivity index (χ1) is 16.1. The smallest absolute Gasteiger partial charge is 0.406 e. The Labute approximate surface area is 194 Å². The maximum absolute atomic E-state index is 12.9. The number of nitrogens with one attached hydrogen (secondary N) is 2. The maximum Gasteiger partial charge on any atom is 0.573 e. The standard InChI is InChI=1S/C23H20F3N3O4S/c24-23(25,26)33-19-8-10-20(11-9-19)34(31,32)29-21(22(30)28-13-3-12-27)15-16-6-7-17-4-1-2-5-18(17)14-16/h1-2,4-11,14,21,29H,3,13,15H2,(H,28,30). The minimum atomic E-state index is -4.91. The summed E-state index contributed by atoms with van der Waals surface area (Å²) in [5, 5.41) is 13.1.